The van der Waals surface area contributed by atoms with E-state index < -0.39 is 0 Å². The third-order valence-electron chi connectivity index (χ3n) is 3.41. The maximum Gasteiger partial charge on any atom is 0.0235 e. The van der Waals surface area contributed by atoms with Crippen molar-refractivity contribution in [1.29, 1.82) is 0 Å². The molecule has 0 aromatic carbocycles. The van der Waals surface area contributed by atoms with Crippen molar-refractivity contribution in [3.8, 4) is 0 Å². The van der Waals surface area contributed by atoms with Crippen LogP contribution in [0.3, 0.4) is 0 Å². The summed E-state index contributed by atoms with van der Waals surface area (Å²) < 4.78 is 0. The van der Waals surface area contributed by atoms with Crippen LogP contribution in [0.5, 0.6) is 0 Å². The van der Waals surface area contributed by atoms with Crippen molar-refractivity contribution in [2.75, 3.05) is 19.0 Å². The molecule has 1 rings (SSSR count). The minimum atomic E-state index is 0.810. The van der Waals surface area contributed by atoms with Gasteiger partial charge in [-0.25, -0.2) is 0 Å². The van der Waals surface area contributed by atoms with E-state index in [9.17, 15) is 0 Å². The second kappa shape index (κ2) is 7.51. The zero-order valence-electron chi connectivity index (χ0n) is 10.3. The fourth-order valence-electron chi connectivity index (χ4n) is 2.43. The van der Waals surface area contributed by atoms with Gasteiger partial charge in [-0.05, 0) is 44.7 Å². The second-order valence-corrected chi connectivity index (χ2v) is 5.58. The van der Waals surface area contributed by atoms with Gasteiger partial charge in [0.05, 0.1) is 0 Å². The molecule has 0 atom stereocenters. The van der Waals surface area contributed by atoms with Crippen molar-refractivity contribution < 1.29 is 0 Å². The number of rotatable bonds is 7. The Kier molecular flexibility index (Phi) is 6.67. The van der Waals surface area contributed by atoms with Crippen LogP contribution in [0.2, 0.25) is 0 Å². The van der Waals surface area contributed by atoms with E-state index in [0.717, 1.165) is 24.3 Å². The highest BCUT2D eigenvalue weighted by Gasteiger charge is 2.21. The van der Waals surface area contributed by atoms with Gasteiger partial charge in [0.25, 0.3) is 0 Å². The van der Waals surface area contributed by atoms with E-state index in [1.165, 1.54) is 45.2 Å². The molecule has 0 unspecified atom stereocenters. The van der Waals surface area contributed by atoms with Crippen molar-refractivity contribution in [1.82, 2.24) is 4.90 Å². The number of hydrogen-bond acceptors (Lipinski definition) is 1. The fourth-order valence-corrected chi connectivity index (χ4v) is 2.55. The molecule has 90 valence electrons. The van der Waals surface area contributed by atoms with Crippen LogP contribution in [0.1, 0.15) is 52.4 Å². The lowest BCUT2D eigenvalue weighted by Gasteiger charge is -2.29. The van der Waals surface area contributed by atoms with Gasteiger partial charge in [0.1, 0.15) is 0 Å². The first-order chi connectivity index (χ1) is 7.24. The monoisotopic (exact) mass is 231 g/mol. The quantitative estimate of drug-likeness (QED) is 0.601. The summed E-state index contributed by atoms with van der Waals surface area (Å²) in [5.74, 6) is 1.63. The zero-order chi connectivity index (χ0) is 11.1. The van der Waals surface area contributed by atoms with Gasteiger partial charge >= 0.3 is 0 Å². The lowest BCUT2D eigenvalue weighted by atomic mass is 10.1. The first kappa shape index (κ1) is 13.3. The molecule has 0 saturated heterocycles. The van der Waals surface area contributed by atoms with Crippen molar-refractivity contribution >= 4 is 11.6 Å². The van der Waals surface area contributed by atoms with Gasteiger partial charge in [-0.3, -0.25) is 0 Å². The van der Waals surface area contributed by atoms with Crippen LogP contribution in [0.25, 0.3) is 0 Å². The molecule has 1 aliphatic carbocycles. The van der Waals surface area contributed by atoms with Crippen molar-refractivity contribution in [2.24, 2.45) is 5.92 Å². The lowest BCUT2D eigenvalue weighted by molar-refractivity contribution is 0.189. The Hall–Kier alpha value is 0.250. The maximum absolute atomic E-state index is 5.79. The average Bonchev–Trinajstić information content (AvgIpc) is 2.71. The molecule has 1 fully saturated rings. The minimum Gasteiger partial charge on any atom is -0.300 e. The van der Waals surface area contributed by atoms with Crippen LogP contribution >= 0.6 is 11.6 Å². The molecule has 0 amide bonds. The molecule has 0 N–H and O–H groups in total. The standard InChI is InChI=1S/C13H26ClN/c1-12(2)8-11-15(10-5-9-14)13-6-3-4-7-13/h12-13H,3-11H2,1-2H3. The Morgan fingerprint density at radius 1 is 1.20 bits per heavy atom. The van der Waals surface area contributed by atoms with Gasteiger partial charge < -0.3 is 4.90 Å². The van der Waals surface area contributed by atoms with Gasteiger partial charge in [0.15, 0.2) is 0 Å². The highest BCUT2D eigenvalue weighted by Crippen LogP contribution is 2.24. The predicted octanol–water partition coefficient (Wildman–Crippen LogP) is 3.91. The van der Waals surface area contributed by atoms with Crippen molar-refractivity contribution in [3.63, 3.8) is 0 Å². The molecule has 0 aromatic heterocycles. The summed E-state index contributed by atoms with van der Waals surface area (Å²) in [7, 11) is 0. The molecule has 1 nitrogen and oxygen atoms in total. The first-order valence-electron chi connectivity index (χ1n) is 6.54. The van der Waals surface area contributed by atoms with Crippen molar-refractivity contribution in [2.45, 2.75) is 58.4 Å². The van der Waals surface area contributed by atoms with E-state index in [-0.39, 0.29) is 0 Å². The molecule has 0 spiro atoms. The molecule has 1 saturated carbocycles. The molecular weight excluding hydrogens is 206 g/mol. The van der Waals surface area contributed by atoms with Crippen LogP contribution in [0.15, 0.2) is 0 Å². The molecule has 15 heavy (non-hydrogen) atoms. The number of halogens is 1. The SMILES string of the molecule is CC(C)CCN(CCCCl)C1CCCC1. The second-order valence-electron chi connectivity index (χ2n) is 5.20. The largest absolute Gasteiger partial charge is 0.300 e. The average molecular weight is 232 g/mol. The van der Waals surface area contributed by atoms with E-state index in [1.807, 2.05) is 0 Å². The van der Waals surface area contributed by atoms with E-state index in [2.05, 4.69) is 18.7 Å². The molecule has 0 heterocycles. The van der Waals surface area contributed by atoms with Gasteiger partial charge in [-0.1, -0.05) is 26.7 Å². The summed E-state index contributed by atoms with van der Waals surface area (Å²) >= 11 is 5.79. The summed E-state index contributed by atoms with van der Waals surface area (Å²) in [5, 5.41) is 0. The summed E-state index contributed by atoms with van der Waals surface area (Å²) in [5.41, 5.74) is 0. The third kappa shape index (κ3) is 5.21. The van der Waals surface area contributed by atoms with Gasteiger partial charge in [0.2, 0.25) is 0 Å². The van der Waals surface area contributed by atoms with Crippen molar-refractivity contribution in [3.05, 3.63) is 0 Å². The normalized spacial score (nSPS) is 18.2. The summed E-state index contributed by atoms with van der Waals surface area (Å²) in [6.45, 7) is 7.11. The summed E-state index contributed by atoms with van der Waals surface area (Å²) in [6.07, 6.45) is 8.18. The topological polar surface area (TPSA) is 3.24 Å². The lowest BCUT2D eigenvalue weighted by Crippen LogP contribution is -2.35. The minimum absolute atomic E-state index is 0.810. The van der Waals surface area contributed by atoms with E-state index in [0.29, 0.717) is 0 Å². The number of alkyl halides is 1. The first-order valence-corrected chi connectivity index (χ1v) is 7.07. The molecule has 0 aromatic rings. The summed E-state index contributed by atoms with van der Waals surface area (Å²) in [4.78, 5) is 2.69. The van der Waals surface area contributed by atoms with Gasteiger partial charge in [0, 0.05) is 11.9 Å². The van der Waals surface area contributed by atoms with Crippen LogP contribution in [0.4, 0.5) is 0 Å². The highest BCUT2D eigenvalue weighted by molar-refractivity contribution is 6.17. The Labute approximate surface area is 100 Å². The molecular formula is C13H26ClN. The molecule has 0 aliphatic heterocycles. The predicted molar refractivity (Wildman–Crippen MR) is 68.6 cm³/mol. The number of hydrogen-bond donors (Lipinski definition) is 0. The zero-order valence-corrected chi connectivity index (χ0v) is 11.1. The third-order valence-corrected chi connectivity index (χ3v) is 3.68. The van der Waals surface area contributed by atoms with E-state index in [4.69, 9.17) is 11.6 Å². The van der Waals surface area contributed by atoms with E-state index >= 15 is 0 Å². The van der Waals surface area contributed by atoms with E-state index in [1.54, 1.807) is 0 Å². The Morgan fingerprint density at radius 2 is 1.87 bits per heavy atom. The maximum atomic E-state index is 5.79. The van der Waals surface area contributed by atoms with Gasteiger partial charge in [-0.2, -0.15) is 0 Å². The van der Waals surface area contributed by atoms with Crippen LogP contribution < -0.4 is 0 Å². The Morgan fingerprint density at radius 3 is 2.40 bits per heavy atom. The molecule has 0 bridgehead atoms. The Bertz CT molecular complexity index is 153. The fraction of sp³-hybridized carbons (Fsp3) is 1.00. The Balaban J connectivity index is 2.30. The van der Waals surface area contributed by atoms with Crippen LogP contribution in [0, 0.1) is 5.92 Å². The van der Waals surface area contributed by atoms with Crippen LogP contribution in [-0.2, 0) is 0 Å². The number of nitrogens with zero attached hydrogens (tertiary/aromatic N) is 1. The highest BCUT2D eigenvalue weighted by atomic mass is 35.5. The summed E-state index contributed by atoms with van der Waals surface area (Å²) in [6, 6.07) is 0.868. The van der Waals surface area contributed by atoms with Crippen LogP contribution in [-0.4, -0.2) is 29.9 Å². The molecule has 0 radical (unpaired) electrons. The molecule has 2 heteroatoms. The smallest absolute Gasteiger partial charge is 0.0235 e. The molecule has 1 aliphatic rings. The van der Waals surface area contributed by atoms with Gasteiger partial charge in [-0.15, -0.1) is 11.6 Å².